The van der Waals surface area contributed by atoms with E-state index >= 15 is 0 Å². The molecule has 31 heavy (non-hydrogen) atoms. The molecule has 0 saturated heterocycles. The Balaban J connectivity index is 1.49. The lowest BCUT2D eigenvalue weighted by atomic mass is 10.1. The molecule has 1 N–H and O–H groups in total. The molecule has 4 rings (SSSR count). The van der Waals surface area contributed by atoms with Gasteiger partial charge in [0, 0.05) is 6.54 Å². The first-order chi connectivity index (χ1) is 15.1. The maximum absolute atomic E-state index is 12.7. The average molecular weight is 434 g/mol. The van der Waals surface area contributed by atoms with E-state index < -0.39 is 0 Å². The minimum atomic E-state index is -0.114. The van der Waals surface area contributed by atoms with Gasteiger partial charge in [-0.3, -0.25) is 4.79 Å². The summed E-state index contributed by atoms with van der Waals surface area (Å²) in [6.07, 6.45) is 0.784. The highest BCUT2D eigenvalue weighted by atomic mass is 32.1. The standard InChI is InChI=1S/C23H23N5O2S/c1-15-21(22(29)24-14-13-17-7-5-4-6-8-17)31-23(25-15)20-16(2)28(27-26-20)18-9-11-19(30-3)12-10-18/h4-12H,13-14H2,1-3H3,(H,24,29). The minimum absolute atomic E-state index is 0.114. The van der Waals surface area contributed by atoms with Gasteiger partial charge in [0.05, 0.1) is 24.2 Å². The van der Waals surface area contributed by atoms with E-state index in [0.717, 1.165) is 23.6 Å². The van der Waals surface area contributed by atoms with Gasteiger partial charge in [0.1, 0.15) is 21.3 Å². The van der Waals surface area contributed by atoms with Crippen LogP contribution in [0.2, 0.25) is 0 Å². The van der Waals surface area contributed by atoms with Crippen molar-refractivity contribution in [3.05, 3.63) is 76.4 Å². The summed E-state index contributed by atoms with van der Waals surface area (Å²) in [7, 11) is 1.63. The number of amides is 1. The van der Waals surface area contributed by atoms with E-state index in [1.54, 1.807) is 11.8 Å². The molecule has 0 spiro atoms. The molecule has 0 aliphatic carbocycles. The summed E-state index contributed by atoms with van der Waals surface area (Å²) in [4.78, 5) is 17.9. The van der Waals surface area contributed by atoms with Crippen molar-refractivity contribution in [2.24, 2.45) is 0 Å². The molecular formula is C23H23N5O2S. The van der Waals surface area contributed by atoms with Gasteiger partial charge in [-0.05, 0) is 50.1 Å². The van der Waals surface area contributed by atoms with Crippen molar-refractivity contribution < 1.29 is 9.53 Å². The molecule has 0 aliphatic heterocycles. The number of carbonyl (C=O) groups excluding carboxylic acids is 1. The summed E-state index contributed by atoms with van der Waals surface area (Å²) in [6, 6.07) is 17.7. The molecule has 2 heterocycles. The van der Waals surface area contributed by atoms with Crippen LogP contribution in [0.25, 0.3) is 16.4 Å². The highest BCUT2D eigenvalue weighted by Gasteiger charge is 2.20. The normalized spacial score (nSPS) is 10.8. The lowest BCUT2D eigenvalue weighted by Crippen LogP contribution is -2.25. The van der Waals surface area contributed by atoms with Crippen LogP contribution in [0.4, 0.5) is 0 Å². The van der Waals surface area contributed by atoms with Crippen LogP contribution in [0.1, 0.15) is 26.6 Å². The molecule has 0 bridgehead atoms. The molecule has 0 saturated carbocycles. The number of nitrogens with one attached hydrogen (secondary N) is 1. The van der Waals surface area contributed by atoms with E-state index in [4.69, 9.17) is 4.74 Å². The number of thiazole rings is 1. The van der Waals surface area contributed by atoms with E-state index in [0.29, 0.717) is 27.8 Å². The zero-order valence-corrected chi connectivity index (χ0v) is 18.4. The van der Waals surface area contributed by atoms with Crippen LogP contribution in [0, 0.1) is 13.8 Å². The summed E-state index contributed by atoms with van der Waals surface area (Å²) >= 11 is 1.34. The Morgan fingerprint density at radius 3 is 2.55 bits per heavy atom. The zero-order chi connectivity index (χ0) is 21.8. The number of nitrogens with zero attached hydrogens (tertiary/aromatic N) is 4. The van der Waals surface area contributed by atoms with Crippen molar-refractivity contribution >= 4 is 17.2 Å². The number of carbonyl (C=O) groups is 1. The van der Waals surface area contributed by atoms with Crippen molar-refractivity contribution in [1.82, 2.24) is 25.3 Å². The quantitative estimate of drug-likeness (QED) is 0.477. The smallest absolute Gasteiger partial charge is 0.263 e. The van der Waals surface area contributed by atoms with Crippen LogP contribution in [-0.2, 0) is 6.42 Å². The Kier molecular flexibility index (Phi) is 6.08. The molecule has 0 radical (unpaired) electrons. The molecule has 0 atom stereocenters. The summed E-state index contributed by atoms with van der Waals surface area (Å²) < 4.78 is 6.96. The van der Waals surface area contributed by atoms with E-state index in [9.17, 15) is 4.79 Å². The molecule has 0 fully saturated rings. The molecule has 2 aromatic carbocycles. The van der Waals surface area contributed by atoms with Crippen molar-refractivity contribution in [2.75, 3.05) is 13.7 Å². The number of hydrogen-bond donors (Lipinski definition) is 1. The minimum Gasteiger partial charge on any atom is -0.497 e. The third kappa shape index (κ3) is 4.49. The first kappa shape index (κ1) is 20.7. The Bertz CT molecular complexity index is 1180. The molecule has 2 aromatic heterocycles. The monoisotopic (exact) mass is 433 g/mol. The summed E-state index contributed by atoms with van der Waals surface area (Å²) in [5, 5.41) is 12.3. The second kappa shape index (κ2) is 9.09. The molecule has 1 amide bonds. The van der Waals surface area contributed by atoms with Gasteiger partial charge in [0.25, 0.3) is 5.91 Å². The predicted molar refractivity (Wildman–Crippen MR) is 121 cm³/mol. The second-order valence-corrected chi connectivity index (χ2v) is 8.06. The number of aryl methyl sites for hydroxylation is 1. The highest BCUT2D eigenvalue weighted by Crippen LogP contribution is 2.29. The van der Waals surface area contributed by atoms with Gasteiger partial charge in [-0.1, -0.05) is 35.5 Å². The Labute approximate surface area is 184 Å². The SMILES string of the molecule is COc1ccc(-n2nnc(-c3nc(C)c(C(=O)NCCc4ccccc4)s3)c2C)cc1. The fourth-order valence-electron chi connectivity index (χ4n) is 3.25. The van der Waals surface area contributed by atoms with E-state index in [1.165, 1.54) is 16.9 Å². The van der Waals surface area contributed by atoms with Crippen LogP contribution in [0.3, 0.4) is 0 Å². The van der Waals surface area contributed by atoms with Gasteiger partial charge in [-0.25, -0.2) is 9.67 Å². The second-order valence-electron chi connectivity index (χ2n) is 7.06. The van der Waals surface area contributed by atoms with E-state index in [2.05, 4.69) is 32.7 Å². The molecule has 7 nitrogen and oxygen atoms in total. The number of hydrogen-bond acceptors (Lipinski definition) is 6. The third-order valence-corrected chi connectivity index (χ3v) is 6.12. The van der Waals surface area contributed by atoms with Gasteiger partial charge < -0.3 is 10.1 Å². The molecule has 0 unspecified atom stereocenters. The lowest BCUT2D eigenvalue weighted by Gasteiger charge is -2.04. The van der Waals surface area contributed by atoms with Gasteiger partial charge in [0.2, 0.25) is 0 Å². The summed E-state index contributed by atoms with van der Waals surface area (Å²) in [5.41, 5.74) is 4.29. The molecule has 8 heteroatoms. The number of aromatic nitrogens is 4. The first-order valence-corrected chi connectivity index (χ1v) is 10.7. The van der Waals surface area contributed by atoms with E-state index in [1.807, 2.05) is 56.3 Å². The van der Waals surface area contributed by atoms with Crippen molar-refractivity contribution in [2.45, 2.75) is 20.3 Å². The van der Waals surface area contributed by atoms with Crippen molar-refractivity contribution in [3.8, 4) is 22.1 Å². The maximum atomic E-state index is 12.7. The molecular weight excluding hydrogens is 410 g/mol. The topological polar surface area (TPSA) is 81.9 Å². The summed E-state index contributed by atoms with van der Waals surface area (Å²) in [5.74, 6) is 0.664. The zero-order valence-electron chi connectivity index (χ0n) is 17.6. The fraction of sp³-hybridized carbons (Fsp3) is 0.217. The molecule has 4 aromatic rings. The number of rotatable bonds is 7. The Hall–Kier alpha value is -3.52. The molecule has 0 aliphatic rings. The van der Waals surface area contributed by atoms with Gasteiger partial charge in [-0.2, -0.15) is 0 Å². The lowest BCUT2D eigenvalue weighted by molar-refractivity contribution is 0.0957. The predicted octanol–water partition coefficient (Wildman–Crippen LogP) is 3.99. The van der Waals surface area contributed by atoms with Crippen LogP contribution >= 0.6 is 11.3 Å². The van der Waals surface area contributed by atoms with Crippen LogP contribution in [-0.4, -0.2) is 39.5 Å². The largest absolute Gasteiger partial charge is 0.497 e. The van der Waals surface area contributed by atoms with Crippen LogP contribution in [0.5, 0.6) is 5.75 Å². The number of methoxy groups -OCH3 is 1. The van der Waals surface area contributed by atoms with Gasteiger partial charge >= 0.3 is 0 Å². The van der Waals surface area contributed by atoms with Crippen LogP contribution in [0.15, 0.2) is 54.6 Å². The highest BCUT2D eigenvalue weighted by molar-refractivity contribution is 7.17. The van der Waals surface area contributed by atoms with Gasteiger partial charge in [0.15, 0.2) is 0 Å². The van der Waals surface area contributed by atoms with Crippen molar-refractivity contribution in [1.29, 1.82) is 0 Å². The Morgan fingerprint density at radius 1 is 1.10 bits per heavy atom. The van der Waals surface area contributed by atoms with Crippen LogP contribution < -0.4 is 10.1 Å². The number of benzene rings is 2. The summed E-state index contributed by atoms with van der Waals surface area (Å²) in [6.45, 7) is 4.35. The number of ether oxygens (including phenoxy) is 1. The van der Waals surface area contributed by atoms with Crippen molar-refractivity contribution in [3.63, 3.8) is 0 Å². The Morgan fingerprint density at radius 2 is 1.84 bits per heavy atom. The first-order valence-electron chi connectivity index (χ1n) is 9.93. The average Bonchev–Trinajstić information content (AvgIpc) is 3.37. The fourth-order valence-corrected chi connectivity index (χ4v) is 4.27. The van der Waals surface area contributed by atoms with E-state index in [-0.39, 0.29) is 5.91 Å². The maximum Gasteiger partial charge on any atom is 0.263 e. The molecule has 158 valence electrons. The third-order valence-electron chi connectivity index (χ3n) is 4.96. The van der Waals surface area contributed by atoms with Gasteiger partial charge in [-0.15, -0.1) is 16.4 Å².